The number of aromatic nitrogens is 1. The standard InChI is InChI=1S/C15H16BrFN2O2/c1-3-6-19-9-10(16)7-13(19)15(20)18-11-4-5-14(21-2)12(17)8-11/h4-5,7-9H,3,6H2,1-2H3,(H,18,20). The van der Waals surface area contributed by atoms with Crippen molar-refractivity contribution in [3.63, 3.8) is 0 Å². The Morgan fingerprint density at radius 2 is 2.19 bits per heavy atom. The van der Waals surface area contributed by atoms with Gasteiger partial charge in [0, 0.05) is 29.0 Å². The molecule has 0 bridgehead atoms. The fourth-order valence-corrected chi connectivity index (χ4v) is 2.49. The maximum absolute atomic E-state index is 13.6. The number of ether oxygens (including phenoxy) is 1. The van der Waals surface area contributed by atoms with Crippen LogP contribution >= 0.6 is 15.9 Å². The predicted octanol–water partition coefficient (Wildman–Crippen LogP) is 4.06. The fourth-order valence-electron chi connectivity index (χ4n) is 2.03. The number of carbonyl (C=O) groups excluding carboxylic acids is 1. The van der Waals surface area contributed by atoms with Crippen molar-refractivity contribution in [1.82, 2.24) is 4.57 Å². The second-order valence-electron chi connectivity index (χ2n) is 4.54. The SMILES string of the molecule is CCCn1cc(Br)cc1C(=O)Nc1ccc(OC)c(F)c1. The summed E-state index contributed by atoms with van der Waals surface area (Å²) in [5.74, 6) is -0.649. The number of benzene rings is 1. The van der Waals surface area contributed by atoms with Crippen LogP contribution in [-0.4, -0.2) is 17.6 Å². The van der Waals surface area contributed by atoms with Gasteiger partial charge in [0.1, 0.15) is 5.69 Å². The molecule has 1 aromatic carbocycles. The van der Waals surface area contributed by atoms with E-state index in [1.54, 1.807) is 12.1 Å². The zero-order valence-electron chi connectivity index (χ0n) is 11.8. The van der Waals surface area contributed by atoms with E-state index in [0.717, 1.165) is 17.4 Å². The summed E-state index contributed by atoms with van der Waals surface area (Å²) in [4.78, 5) is 12.3. The summed E-state index contributed by atoms with van der Waals surface area (Å²) < 4.78 is 21.2. The number of carbonyl (C=O) groups is 1. The third-order valence-electron chi connectivity index (χ3n) is 2.97. The summed E-state index contributed by atoms with van der Waals surface area (Å²) in [6.45, 7) is 2.78. The molecule has 0 atom stereocenters. The number of aryl methyl sites for hydroxylation is 1. The Hall–Kier alpha value is -1.82. The lowest BCUT2D eigenvalue weighted by Crippen LogP contribution is -2.16. The molecule has 2 rings (SSSR count). The molecule has 0 saturated carbocycles. The normalized spacial score (nSPS) is 10.5. The summed E-state index contributed by atoms with van der Waals surface area (Å²) >= 11 is 3.36. The minimum atomic E-state index is -0.513. The third-order valence-corrected chi connectivity index (χ3v) is 3.40. The second-order valence-corrected chi connectivity index (χ2v) is 5.46. The number of hydrogen-bond donors (Lipinski definition) is 1. The smallest absolute Gasteiger partial charge is 0.272 e. The molecule has 0 aliphatic heterocycles. The second kappa shape index (κ2) is 6.76. The van der Waals surface area contributed by atoms with Crippen molar-refractivity contribution in [1.29, 1.82) is 0 Å². The van der Waals surface area contributed by atoms with Gasteiger partial charge < -0.3 is 14.6 Å². The summed E-state index contributed by atoms with van der Waals surface area (Å²) in [5.41, 5.74) is 0.915. The molecular weight excluding hydrogens is 339 g/mol. The maximum atomic E-state index is 13.6. The molecule has 4 nitrogen and oxygen atoms in total. The summed E-state index contributed by atoms with van der Waals surface area (Å²) in [7, 11) is 1.39. The molecule has 1 aromatic heterocycles. The maximum Gasteiger partial charge on any atom is 0.272 e. The van der Waals surface area contributed by atoms with E-state index in [9.17, 15) is 9.18 Å². The van der Waals surface area contributed by atoms with Crippen molar-refractivity contribution >= 4 is 27.5 Å². The van der Waals surface area contributed by atoms with Crippen LogP contribution in [0.25, 0.3) is 0 Å². The van der Waals surface area contributed by atoms with Crippen LogP contribution in [0.1, 0.15) is 23.8 Å². The topological polar surface area (TPSA) is 43.3 Å². The lowest BCUT2D eigenvalue weighted by atomic mass is 10.2. The van der Waals surface area contributed by atoms with Gasteiger partial charge in [-0.15, -0.1) is 0 Å². The molecule has 0 aliphatic carbocycles. The summed E-state index contributed by atoms with van der Waals surface area (Å²) in [5, 5.41) is 2.69. The number of anilines is 1. The molecule has 0 spiro atoms. The quantitative estimate of drug-likeness (QED) is 0.879. The summed E-state index contributed by atoms with van der Waals surface area (Å²) in [6.07, 6.45) is 2.77. The van der Waals surface area contributed by atoms with Crippen molar-refractivity contribution in [2.24, 2.45) is 0 Å². The average molecular weight is 355 g/mol. The molecule has 2 aromatic rings. The van der Waals surface area contributed by atoms with Crippen LogP contribution in [0.4, 0.5) is 10.1 Å². The van der Waals surface area contributed by atoms with Crippen LogP contribution in [0, 0.1) is 5.82 Å². The number of hydrogen-bond acceptors (Lipinski definition) is 2. The van der Waals surface area contributed by atoms with E-state index >= 15 is 0 Å². The van der Waals surface area contributed by atoms with E-state index in [1.807, 2.05) is 17.7 Å². The van der Waals surface area contributed by atoms with Gasteiger partial charge in [-0.05, 0) is 40.5 Å². The molecule has 21 heavy (non-hydrogen) atoms. The van der Waals surface area contributed by atoms with E-state index in [4.69, 9.17) is 4.74 Å². The first-order valence-electron chi connectivity index (χ1n) is 6.55. The van der Waals surface area contributed by atoms with E-state index in [1.165, 1.54) is 19.2 Å². The van der Waals surface area contributed by atoms with E-state index in [-0.39, 0.29) is 11.7 Å². The van der Waals surface area contributed by atoms with E-state index < -0.39 is 5.82 Å². The van der Waals surface area contributed by atoms with E-state index in [0.29, 0.717) is 11.4 Å². The van der Waals surface area contributed by atoms with Gasteiger partial charge in [0.2, 0.25) is 0 Å². The molecule has 0 fully saturated rings. The Morgan fingerprint density at radius 3 is 2.81 bits per heavy atom. The Balaban J connectivity index is 2.19. The number of nitrogens with zero attached hydrogens (tertiary/aromatic N) is 1. The lowest BCUT2D eigenvalue weighted by Gasteiger charge is -2.09. The first kappa shape index (κ1) is 15.6. The highest BCUT2D eigenvalue weighted by Crippen LogP contribution is 2.22. The van der Waals surface area contributed by atoms with Gasteiger partial charge in [0.15, 0.2) is 11.6 Å². The average Bonchev–Trinajstić information content (AvgIpc) is 2.80. The van der Waals surface area contributed by atoms with Crippen LogP contribution < -0.4 is 10.1 Å². The van der Waals surface area contributed by atoms with Gasteiger partial charge in [-0.25, -0.2) is 4.39 Å². The van der Waals surface area contributed by atoms with Gasteiger partial charge in [0.25, 0.3) is 5.91 Å². The van der Waals surface area contributed by atoms with Crippen LogP contribution in [0.2, 0.25) is 0 Å². The third kappa shape index (κ3) is 3.64. The highest BCUT2D eigenvalue weighted by atomic mass is 79.9. The Morgan fingerprint density at radius 1 is 1.43 bits per heavy atom. The predicted molar refractivity (Wildman–Crippen MR) is 83.3 cm³/mol. The number of rotatable bonds is 5. The monoisotopic (exact) mass is 354 g/mol. The van der Waals surface area contributed by atoms with Crippen LogP contribution in [-0.2, 0) is 6.54 Å². The van der Waals surface area contributed by atoms with Crippen molar-refractivity contribution < 1.29 is 13.9 Å². The molecular formula is C15H16BrFN2O2. The summed E-state index contributed by atoms with van der Waals surface area (Å²) in [6, 6.07) is 6.05. The van der Waals surface area contributed by atoms with Crippen molar-refractivity contribution in [3.05, 3.63) is 46.4 Å². The largest absolute Gasteiger partial charge is 0.494 e. The highest BCUT2D eigenvalue weighted by Gasteiger charge is 2.14. The van der Waals surface area contributed by atoms with Crippen LogP contribution in [0.3, 0.4) is 0 Å². The zero-order chi connectivity index (χ0) is 15.4. The molecule has 6 heteroatoms. The minimum absolute atomic E-state index is 0.144. The highest BCUT2D eigenvalue weighted by molar-refractivity contribution is 9.10. The molecule has 1 amide bonds. The first-order valence-corrected chi connectivity index (χ1v) is 7.35. The molecule has 1 N–H and O–H groups in total. The Bertz CT molecular complexity index is 655. The molecule has 112 valence electrons. The van der Waals surface area contributed by atoms with Gasteiger partial charge in [-0.1, -0.05) is 6.92 Å². The molecule has 0 saturated heterocycles. The lowest BCUT2D eigenvalue weighted by molar-refractivity contribution is 0.101. The van der Waals surface area contributed by atoms with Crippen LogP contribution in [0.5, 0.6) is 5.75 Å². The molecule has 1 heterocycles. The van der Waals surface area contributed by atoms with Crippen molar-refractivity contribution in [2.75, 3.05) is 12.4 Å². The number of methoxy groups -OCH3 is 1. The van der Waals surface area contributed by atoms with Crippen molar-refractivity contribution in [3.8, 4) is 5.75 Å². The van der Waals surface area contributed by atoms with Crippen LogP contribution in [0.15, 0.2) is 34.9 Å². The first-order chi connectivity index (χ1) is 10.0. The molecule has 0 unspecified atom stereocenters. The van der Waals surface area contributed by atoms with Gasteiger partial charge in [0.05, 0.1) is 7.11 Å². The number of nitrogens with one attached hydrogen (secondary N) is 1. The number of halogens is 2. The fraction of sp³-hybridized carbons (Fsp3) is 0.267. The Kier molecular flexibility index (Phi) is 5.01. The van der Waals surface area contributed by atoms with Crippen molar-refractivity contribution in [2.45, 2.75) is 19.9 Å². The minimum Gasteiger partial charge on any atom is -0.494 e. The van der Waals surface area contributed by atoms with Gasteiger partial charge >= 0.3 is 0 Å². The van der Waals surface area contributed by atoms with Gasteiger partial charge in [-0.3, -0.25) is 4.79 Å². The van der Waals surface area contributed by atoms with E-state index in [2.05, 4.69) is 21.2 Å². The Labute approximate surface area is 131 Å². The number of amides is 1. The molecule has 0 radical (unpaired) electrons. The molecule has 0 aliphatic rings. The van der Waals surface area contributed by atoms with Gasteiger partial charge in [-0.2, -0.15) is 0 Å². The zero-order valence-corrected chi connectivity index (χ0v) is 13.4.